The molecule has 2 amide bonds. The van der Waals surface area contributed by atoms with Crippen molar-refractivity contribution in [2.75, 3.05) is 31.8 Å². The summed E-state index contributed by atoms with van der Waals surface area (Å²) < 4.78 is 107. The van der Waals surface area contributed by atoms with Gasteiger partial charge in [-0.1, -0.05) is 4.98 Å². The number of anilines is 2. The van der Waals surface area contributed by atoms with Crippen molar-refractivity contribution in [3.05, 3.63) is 41.6 Å². The predicted octanol–water partition coefficient (Wildman–Crippen LogP) is -3.71. The second kappa shape index (κ2) is 19.9. The number of carbonyl (C=O) groups is 1. The number of phosphoric ester groups is 3. The number of aromatic nitrogens is 8. The van der Waals surface area contributed by atoms with E-state index < -0.39 is 130 Å². The maximum Gasteiger partial charge on any atom is 0.490 e. The summed E-state index contributed by atoms with van der Waals surface area (Å²) in [7, 11) is -21.5. The molecule has 3 fully saturated rings. The Morgan fingerprint density at radius 3 is 2.17 bits per heavy atom. The van der Waals surface area contributed by atoms with Crippen molar-refractivity contribution >= 4 is 71.4 Å². The standard InChI is InChI=1S/C31H44N12O24P4/c1-11-4-5-41(31(49)37-11)26-18(46)16(44)12(61-26)6-59-68(50,51)64-21-20(58-3)28(42-9-36-14-22(32)34-8-35-23(14)42)63-29(21)65-70(54,55)67-71(56,57)66-69(52,53)60-7-13-17(45)19(47)27(62-13)43-10-40(2)15-24(43)38-30(33)39-25(15)48/h4-5,8-13,16-21,26-29,44-47H,6-7H2,1-3H3,(H9-,32,33,34,35,37,38,39,48,49,50,51,52,53,54,55,56,57)/p+1. The van der Waals surface area contributed by atoms with Crippen molar-refractivity contribution < 1.29 is 113 Å². The Hall–Kier alpha value is -4.29. The molecule has 71 heavy (non-hydrogen) atoms. The maximum absolute atomic E-state index is 13.6. The summed E-state index contributed by atoms with van der Waals surface area (Å²) in [6.07, 6.45) is -15.5. The number of aliphatic hydroxyl groups is 4. The molecule has 0 aromatic carbocycles. The molecule has 17 atom stereocenters. The third-order valence-electron chi connectivity index (χ3n) is 10.9. The first kappa shape index (κ1) is 53.0. The lowest BCUT2D eigenvalue weighted by Gasteiger charge is -2.31. The molecule has 0 saturated carbocycles. The zero-order valence-electron chi connectivity index (χ0n) is 36.4. The number of hydrogen-bond acceptors (Lipinski definition) is 26. The molecule has 392 valence electrons. The summed E-state index contributed by atoms with van der Waals surface area (Å²) in [5.74, 6) is -0.442. The van der Waals surface area contributed by atoms with E-state index in [1.165, 1.54) is 24.1 Å². The summed E-state index contributed by atoms with van der Waals surface area (Å²) in [5.41, 5.74) is 10.7. The average Bonchev–Trinajstić information content (AvgIpc) is 4.05. The number of imidazole rings is 2. The van der Waals surface area contributed by atoms with Crippen LogP contribution in [-0.4, -0.2) is 173 Å². The third-order valence-corrected chi connectivity index (χ3v) is 16.2. The van der Waals surface area contributed by atoms with Crippen molar-refractivity contribution in [3.63, 3.8) is 0 Å². The lowest BCUT2D eigenvalue weighted by molar-refractivity contribution is -0.745. The highest BCUT2D eigenvalue weighted by Crippen LogP contribution is 2.68. The molecule has 8 rings (SSSR count). The van der Waals surface area contributed by atoms with E-state index in [-0.39, 0.29) is 40.1 Å². The van der Waals surface area contributed by atoms with Crippen molar-refractivity contribution in [2.24, 2.45) is 7.05 Å². The second-order valence-corrected chi connectivity index (χ2v) is 21.8. The van der Waals surface area contributed by atoms with Crippen LogP contribution in [0, 0.1) is 0 Å². The fraction of sp³-hybridized carbons (Fsp3) is 0.581. The minimum absolute atomic E-state index is 0.00815. The van der Waals surface area contributed by atoms with E-state index in [0.29, 0.717) is 0 Å². The van der Waals surface area contributed by atoms with Gasteiger partial charge in [0, 0.05) is 19.4 Å². The number of aryl methyl sites for hydroxylation is 1. The summed E-state index contributed by atoms with van der Waals surface area (Å²) in [5, 5.41) is 45.4. The van der Waals surface area contributed by atoms with Gasteiger partial charge in [-0.3, -0.25) is 41.9 Å². The first-order chi connectivity index (χ1) is 33.2. The van der Waals surface area contributed by atoms with E-state index in [4.69, 9.17) is 44.0 Å². The molecular formula is C31H45N12O24P4+. The van der Waals surface area contributed by atoms with Crippen molar-refractivity contribution in [3.8, 4) is 0 Å². The van der Waals surface area contributed by atoms with Crippen LogP contribution in [-0.2, 0) is 71.0 Å². The van der Waals surface area contributed by atoms with Gasteiger partial charge in [-0.05, 0) is 13.0 Å². The number of ether oxygens (including phenoxy) is 4. The minimum Gasteiger partial charge on any atom is -0.387 e. The SMILES string of the molecule is COC1C(OP(=O)(O)OCC2OC(N3C=CC(C)NC3=O)C(O)C2O)C(OP(=O)(O)OP(=O)(O)OP(=O)(O)OCC2OC([n+]3cn(C)c4c(=O)[nH]c(N)nc43)C(O)C2O)OC1n1cnc2c(N)ncnc21. The summed E-state index contributed by atoms with van der Waals surface area (Å²) in [4.78, 5) is 86.6. The Balaban J connectivity index is 0.951. The van der Waals surface area contributed by atoms with Crippen LogP contribution in [0.2, 0.25) is 0 Å². The highest BCUT2D eigenvalue weighted by atomic mass is 31.3. The van der Waals surface area contributed by atoms with E-state index in [9.17, 15) is 67.8 Å². The first-order valence-electron chi connectivity index (χ1n) is 20.3. The lowest BCUT2D eigenvalue weighted by Crippen LogP contribution is -2.52. The molecule has 17 unspecified atom stereocenters. The van der Waals surface area contributed by atoms with E-state index in [1.54, 1.807) is 13.0 Å². The summed E-state index contributed by atoms with van der Waals surface area (Å²) >= 11 is 0. The van der Waals surface area contributed by atoms with Crippen LogP contribution in [0.25, 0.3) is 22.3 Å². The Morgan fingerprint density at radius 2 is 1.48 bits per heavy atom. The van der Waals surface area contributed by atoms with Gasteiger partial charge >= 0.3 is 43.0 Å². The normalized spacial score (nSPS) is 33.5. The molecule has 36 nitrogen and oxygen atoms in total. The van der Waals surface area contributed by atoms with Gasteiger partial charge in [-0.25, -0.2) is 42.6 Å². The fourth-order valence-corrected chi connectivity index (χ4v) is 12.3. The van der Waals surface area contributed by atoms with Gasteiger partial charge in [0.05, 0.1) is 26.6 Å². The quantitative estimate of drug-likeness (QED) is 0.0337. The van der Waals surface area contributed by atoms with Gasteiger partial charge in [0.1, 0.15) is 54.6 Å². The predicted molar refractivity (Wildman–Crippen MR) is 225 cm³/mol. The van der Waals surface area contributed by atoms with Crippen LogP contribution < -0.4 is 26.9 Å². The second-order valence-electron chi connectivity index (χ2n) is 15.8. The van der Waals surface area contributed by atoms with Crippen molar-refractivity contribution in [1.82, 2.24) is 44.3 Å². The Morgan fingerprint density at radius 1 is 0.817 bits per heavy atom. The molecule has 0 bridgehead atoms. The molecule has 0 radical (unpaired) electrons. The van der Waals surface area contributed by atoms with Gasteiger partial charge in [-0.15, -0.1) is 0 Å². The van der Waals surface area contributed by atoms with Crippen molar-refractivity contribution in [1.29, 1.82) is 0 Å². The summed E-state index contributed by atoms with van der Waals surface area (Å²) in [6, 6.07) is -1.08. The largest absolute Gasteiger partial charge is 0.490 e. The minimum atomic E-state index is -6.30. The topological polar surface area (TPSA) is 505 Å². The van der Waals surface area contributed by atoms with Gasteiger partial charge < -0.3 is 75.7 Å². The number of nitrogens with two attached hydrogens (primary N) is 2. The highest BCUT2D eigenvalue weighted by molar-refractivity contribution is 7.66. The van der Waals surface area contributed by atoms with Crippen LogP contribution >= 0.6 is 31.3 Å². The third kappa shape index (κ3) is 11.0. The Labute approximate surface area is 395 Å². The zero-order chi connectivity index (χ0) is 51.7. The number of methoxy groups -OCH3 is 1. The average molecular weight is 1090 g/mol. The Kier molecular flexibility index (Phi) is 14.8. The van der Waals surface area contributed by atoms with Crippen LogP contribution in [0.5, 0.6) is 0 Å². The molecule has 0 aliphatic carbocycles. The molecule has 14 N–H and O–H groups in total. The van der Waals surface area contributed by atoms with Crippen LogP contribution in [0.1, 0.15) is 19.4 Å². The number of nitrogens with zero attached hydrogens (tertiary/aromatic N) is 8. The first-order valence-corrected chi connectivity index (χ1v) is 26.2. The number of aromatic amines is 1. The van der Waals surface area contributed by atoms with Crippen LogP contribution in [0.15, 0.2) is 36.1 Å². The number of nitrogens with one attached hydrogen (secondary N) is 2. The number of amides is 2. The zero-order valence-corrected chi connectivity index (χ0v) is 40.0. The number of aliphatic hydroxyl groups excluding tert-OH is 4. The van der Waals surface area contributed by atoms with Crippen molar-refractivity contribution in [2.45, 2.75) is 86.8 Å². The number of phosphoric acid groups is 4. The van der Waals surface area contributed by atoms with Gasteiger partial charge in [0.15, 0.2) is 36.4 Å². The number of hydrogen-bond donors (Lipinski definition) is 12. The number of carbonyl (C=O) groups excluding carboxylic acids is 1. The fourth-order valence-electron chi connectivity index (χ4n) is 7.76. The lowest BCUT2D eigenvalue weighted by atomic mass is 10.1. The molecule has 4 aliphatic rings. The van der Waals surface area contributed by atoms with Gasteiger partial charge in [-0.2, -0.15) is 8.62 Å². The van der Waals surface area contributed by atoms with Crippen LogP contribution in [0.4, 0.5) is 16.6 Å². The van der Waals surface area contributed by atoms with E-state index >= 15 is 0 Å². The Bertz CT molecular complexity index is 2960. The molecule has 8 heterocycles. The van der Waals surface area contributed by atoms with Crippen LogP contribution in [0.3, 0.4) is 0 Å². The number of H-pyrrole nitrogens is 1. The van der Waals surface area contributed by atoms with Gasteiger partial charge in [0.2, 0.25) is 18.0 Å². The van der Waals surface area contributed by atoms with E-state index in [1.807, 2.05) is 0 Å². The molecule has 0 spiro atoms. The molecular weight excluding hydrogens is 1050 g/mol. The molecule has 3 saturated heterocycles. The van der Waals surface area contributed by atoms with E-state index in [0.717, 1.165) is 33.8 Å². The number of rotatable bonds is 18. The maximum atomic E-state index is 13.6. The monoisotopic (exact) mass is 1090 g/mol. The molecule has 4 aromatic heterocycles. The molecule has 40 heteroatoms. The van der Waals surface area contributed by atoms with E-state index in [2.05, 4.69) is 43.4 Å². The highest BCUT2D eigenvalue weighted by Gasteiger charge is 2.56. The summed E-state index contributed by atoms with van der Waals surface area (Å²) in [6.45, 7) is -0.526. The number of fused-ring (bicyclic) bond motifs is 2. The van der Waals surface area contributed by atoms with Gasteiger partial charge in [0.25, 0.3) is 11.5 Å². The number of nitrogen functional groups attached to an aromatic ring is 2. The smallest absolute Gasteiger partial charge is 0.387 e. The molecule has 4 aliphatic heterocycles. The molecule has 4 aromatic rings. The number of urea groups is 1.